The molecule has 3 aliphatic rings. The minimum atomic E-state index is 0.555. The molecule has 0 spiro atoms. The third kappa shape index (κ3) is 2.18. The lowest BCUT2D eigenvalue weighted by atomic mass is 9.81. The van der Waals surface area contributed by atoms with Crippen molar-refractivity contribution < 1.29 is 0 Å². The van der Waals surface area contributed by atoms with Gasteiger partial charge in [0.15, 0.2) is 5.96 Å². The highest BCUT2D eigenvalue weighted by Crippen LogP contribution is 2.48. The van der Waals surface area contributed by atoms with E-state index < -0.39 is 0 Å². The summed E-state index contributed by atoms with van der Waals surface area (Å²) in [6.45, 7) is 0. The molecule has 0 aromatic heterocycles. The SMILES string of the molecule is NC(=N[C@@H]1C[C@H]1C1CCC1)NC1CCCC1. The van der Waals surface area contributed by atoms with Gasteiger partial charge in [0.1, 0.15) is 0 Å². The van der Waals surface area contributed by atoms with Gasteiger partial charge in [0.05, 0.1) is 6.04 Å². The van der Waals surface area contributed by atoms with Gasteiger partial charge in [0.25, 0.3) is 0 Å². The summed E-state index contributed by atoms with van der Waals surface area (Å²) >= 11 is 0. The van der Waals surface area contributed by atoms with Crippen molar-refractivity contribution in [1.29, 1.82) is 0 Å². The number of rotatable bonds is 3. The monoisotopic (exact) mass is 221 g/mol. The number of nitrogens with zero attached hydrogens (tertiary/aromatic N) is 1. The molecule has 3 nitrogen and oxygen atoms in total. The molecule has 0 radical (unpaired) electrons. The van der Waals surface area contributed by atoms with Gasteiger partial charge in [-0.15, -0.1) is 0 Å². The Morgan fingerprint density at radius 3 is 2.44 bits per heavy atom. The molecule has 3 heteroatoms. The van der Waals surface area contributed by atoms with Gasteiger partial charge in [-0.05, 0) is 31.1 Å². The van der Waals surface area contributed by atoms with Crippen LogP contribution in [0.2, 0.25) is 0 Å². The van der Waals surface area contributed by atoms with Gasteiger partial charge in [-0.1, -0.05) is 32.1 Å². The number of guanidine groups is 1. The molecule has 0 aliphatic heterocycles. The maximum Gasteiger partial charge on any atom is 0.189 e. The van der Waals surface area contributed by atoms with Crippen LogP contribution < -0.4 is 11.1 Å². The van der Waals surface area contributed by atoms with E-state index in [1.165, 1.54) is 51.4 Å². The molecular weight excluding hydrogens is 198 g/mol. The quantitative estimate of drug-likeness (QED) is 0.566. The number of hydrogen-bond donors (Lipinski definition) is 2. The van der Waals surface area contributed by atoms with Crippen molar-refractivity contribution in [2.24, 2.45) is 22.6 Å². The zero-order chi connectivity index (χ0) is 11.0. The Balaban J connectivity index is 1.45. The lowest BCUT2D eigenvalue weighted by molar-refractivity contribution is 0.273. The van der Waals surface area contributed by atoms with E-state index in [9.17, 15) is 0 Å². The predicted octanol–water partition coefficient (Wildman–Crippen LogP) is 2.02. The Labute approximate surface area is 97.9 Å². The Kier molecular flexibility index (Phi) is 2.78. The lowest BCUT2D eigenvalue weighted by Gasteiger charge is -2.25. The zero-order valence-electron chi connectivity index (χ0n) is 9.99. The van der Waals surface area contributed by atoms with E-state index in [4.69, 9.17) is 5.73 Å². The summed E-state index contributed by atoms with van der Waals surface area (Å²) in [5.74, 6) is 2.56. The normalized spacial score (nSPS) is 36.1. The van der Waals surface area contributed by atoms with Crippen molar-refractivity contribution in [3.05, 3.63) is 0 Å². The fourth-order valence-electron chi connectivity index (χ4n) is 3.22. The molecule has 0 amide bonds. The highest BCUT2D eigenvalue weighted by Gasteiger charge is 2.45. The number of nitrogens with two attached hydrogens (primary N) is 1. The van der Waals surface area contributed by atoms with Gasteiger partial charge in [0.2, 0.25) is 0 Å². The van der Waals surface area contributed by atoms with E-state index in [1.54, 1.807) is 0 Å². The minimum Gasteiger partial charge on any atom is -0.370 e. The highest BCUT2D eigenvalue weighted by molar-refractivity contribution is 5.78. The summed E-state index contributed by atoms with van der Waals surface area (Å²) in [5, 5.41) is 3.37. The van der Waals surface area contributed by atoms with E-state index in [0.29, 0.717) is 18.0 Å². The van der Waals surface area contributed by atoms with Crippen LogP contribution in [-0.2, 0) is 0 Å². The van der Waals surface area contributed by atoms with Crippen LogP contribution in [0.3, 0.4) is 0 Å². The summed E-state index contributed by atoms with van der Waals surface area (Å²) in [6, 6.07) is 1.16. The van der Waals surface area contributed by atoms with Crippen LogP contribution in [0.4, 0.5) is 0 Å². The van der Waals surface area contributed by atoms with Crippen LogP contribution in [0.15, 0.2) is 4.99 Å². The fraction of sp³-hybridized carbons (Fsp3) is 0.923. The van der Waals surface area contributed by atoms with Gasteiger partial charge in [-0.2, -0.15) is 0 Å². The van der Waals surface area contributed by atoms with Gasteiger partial charge in [0, 0.05) is 6.04 Å². The topological polar surface area (TPSA) is 50.4 Å². The van der Waals surface area contributed by atoms with Gasteiger partial charge >= 0.3 is 0 Å². The molecule has 3 saturated carbocycles. The first-order chi connectivity index (χ1) is 7.83. The van der Waals surface area contributed by atoms with Crippen LogP contribution in [0.5, 0.6) is 0 Å². The fourth-order valence-corrected chi connectivity index (χ4v) is 3.22. The third-order valence-corrected chi connectivity index (χ3v) is 4.57. The van der Waals surface area contributed by atoms with Crippen molar-refractivity contribution in [3.63, 3.8) is 0 Å². The number of hydrogen-bond acceptors (Lipinski definition) is 1. The van der Waals surface area contributed by atoms with Crippen LogP contribution in [0.1, 0.15) is 51.4 Å². The Hall–Kier alpha value is -0.730. The Bertz CT molecular complexity index is 277. The van der Waals surface area contributed by atoms with Gasteiger partial charge in [-0.25, -0.2) is 4.99 Å². The molecule has 3 N–H and O–H groups in total. The van der Waals surface area contributed by atoms with Crippen molar-refractivity contribution >= 4 is 5.96 Å². The molecular formula is C13H23N3. The Morgan fingerprint density at radius 2 is 1.81 bits per heavy atom. The molecule has 3 rings (SSSR count). The summed E-state index contributed by atoms with van der Waals surface area (Å²) in [6.07, 6.45) is 10.8. The van der Waals surface area contributed by atoms with E-state index >= 15 is 0 Å². The largest absolute Gasteiger partial charge is 0.370 e. The maximum atomic E-state index is 5.96. The summed E-state index contributed by atoms with van der Waals surface area (Å²) in [5.41, 5.74) is 5.96. The molecule has 16 heavy (non-hydrogen) atoms. The summed E-state index contributed by atoms with van der Waals surface area (Å²) in [4.78, 5) is 4.62. The van der Waals surface area contributed by atoms with Crippen molar-refractivity contribution in [2.45, 2.75) is 63.5 Å². The molecule has 2 atom stereocenters. The number of nitrogens with one attached hydrogen (secondary N) is 1. The van der Waals surface area contributed by atoms with Gasteiger partial charge in [-0.3, -0.25) is 0 Å². The standard InChI is InChI=1S/C13H23N3/c14-13(15-10-6-1-2-7-10)16-12-8-11(12)9-4-3-5-9/h9-12H,1-8H2,(H3,14,15,16)/t11-,12+/m0/s1. The van der Waals surface area contributed by atoms with Crippen LogP contribution >= 0.6 is 0 Å². The predicted molar refractivity (Wildman–Crippen MR) is 66.3 cm³/mol. The third-order valence-electron chi connectivity index (χ3n) is 4.57. The second-order valence-electron chi connectivity index (χ2n) is 5.80. The van der Waals surface area contributed by atoms with Crippen LogP contribution in [-0.4, -0.2) is 18.0 Å². The molecule has 90 valence electrons. The average molecular weight is 221 g/mol. The second-order valence-corrected chi connectivity index (χ2v) is 5.80. The highest BCUT2D eigenvalue weighted by atomic mass is 15.1. The smallest absolute Gasteiger partial charge is 0.189 e. The molecule has 3 aliphatic carbocycles. The van der Waals surface area contributed by atoms with Crippen molar-refractivity contribution in [1.82, 2.24) is 5.32 Å². The molecule has 3 fully saturated rings. The first kappa shape index (κ1) is 10.4. The van der Waals surface area contributed by atoms with Crippen molar-refractivity contribution in [3.8, 4) is 0 Å². The molecule has 0 saturated heterocycles. The first-order valence-corrected chi connectivity index (χ1v) is 6.93. The van der Waals surface area contributed by atoms with E-state index in [1.807, 2.05) is 0 Å². The first-order valence-electron chi connectivity index (χ1n) is 6.93. The molecule has 0 unspecified atom stereocenters. The van der Waals surface area contributed by atoms with E-state index in [0.717, 1.165) is 11.8 Å². The second kappa shape index (κ2) is 4.27. The number of aliphatic imine (C=N–C) groups is 1. The average Bonchev–Trinajstić information content (AvgIpc) is 2.72. The Morgan fingerprint density at radius 1 is 1.06 bits per heavy atom. The maximum absolute atomic E-state index is 5.96. The molecule has 0 bridgehead atoms. The van der Waals surface area contributed by atoms with E-state index in [2.05, 4.69) is 10.3 Å². The zero-order valence-corrected chi connectivity index (χ0v) is 9.99. The van der Waals surface area contributed by atoms with Crippen LogP contribution in [0, 0.1) is 11.8 Å². The molecule has 0 aromatic carbocycles. The summed E-state index contributed by atoms with van der Waals surface area (Å²) < 4.78 is 0. The van der Waals surface area contributed by atoms with E-state index in [-0.39, 0.29) is 0 Å². The van der Waals surface area contributed by atoms with Gasteiger partial charge < -0.3 is 11.1 Å². The molecule has 0 aromatic rings. The van der Waals surface area contributed by atoms with Crippen molar-refractivity contribution in [2.75, 3.05) is 0 Å². The van der Waals surface area contributed by atoms with Crippen LogP contribution in [0.25, 0.3) is 0 Å². The lowest BCUT2D eigenvalue weighted by Crippen LogP contribution is -2.38. The molecule has 0 heterocycles. The summed E-state index contributed by atoms with van der Waals surface area (Å²) in [7, 11) is 0. The minimum absolute atomic E-state index is 0.555.